The molecule has 26 heavy (non-hydrogen) atoms. The van der Waals surface area contributed by atoms with Crippen molar-refractivity contribution in [1.82, 2.24) is 15.5 Å². The minimum Gasteiger partial charge on any atom is -0.478 e. The molecule has 2 heterocycles. The van der Waals surface area contributed by atoms with Crippen LogP contribution in [0, 0.1) is 5.82 Å². The maximum Gasteiger partial charge on any atom is 0.338 e. The van der Waals surface area contributed by atoms with Gasteiger partial charge in [-0.05, 0) is 24.3 Å². The molecule has 1 aromatic heterocycles. The van der Waals surface area contributed by atoms with Crippen molar-refractivity contribution in [1.29, 1.82) is 0 Å². The van der Waals surface area contributed by atoms with Gasteiger partial charge in [0.1, 0.15) is 5.82 Å². The summed E-state index contributed by atoms with van der Waals surface area (Å²) in [6.07, 6.45) is -0.947. The first kappa shape index (κ1) is 18.1. The maximum atomic E-state index is 14.2. The zero-order valence-electron chi connectivity index (χ0n) is 13.7. The molecule has 6 nitrogen and oxygen atoms in total. The average molecular weight is 366 g/mol. The predicted octanol–water partition coefficient (Wildman–Crippen LogP) is 2.27. The van der Waals surface area contributed by atoms with Crippen LogP contribution in [0.1, 0.15) is 28.0 Å². The normalized spacial score (nSPS) is 17.5. The van der Waals surface area contributed by atoms with Gasteiger partial charge < -0.3 is 15.3 Å². The molecule has 3 rings (SSSR count). The zero-order chi connectivity index (χ0) is 18.7. The van der Waals surface area contributed by atoms with Crippen molar-refractivity contribution < 1.29 is 23.1 Å². The first-order chi connectivity index (χ1) is 12.5. The Labute approximate surface area is 147 Å². The van der Waals surface area contributed by atoms with Crippen molar-refractivity contribution in [3.63, 3.8) is 0 Å². The lowest BCUT2D eigenvalue weighted by Crippen LogP contribution is -2.52. The summed E-state index contributed by atoms with van der Waals surface area (Å²) in [5.41, 5.74) is -0.551. The van der Waals surface area contributed by atoms with E-state index in [2.05, 4.69) is 15.5 Å². The quantitative estimate of drug-likeness (QED) is 0.845. The number of carboxylic acid groups (broad SMARTS) is 1. The van der Waals surface area contributed by atoms with Crippen LogP contribution < -0.4 is 10.2 Å². The minimum atomic E-state index is -2.92. The molecule has 1 aliphatic rings. The molecule has 1 unspecified atom stereocenters. The number of carbonyl (C=O) groups is 1. The van der Waals surface area contributed by atoms with Crippen molar-refractivity contribution in [3.8, 4) is 0 Å². The highest BCUT2D eigenvalue weighted by Crippen LogP contribution is 2.34. The molecule has 0 aliphatic carbocycles. The van der Waals surface area contributed by atoms with E-state index < -0.39 is 29.3 Å². The molecular weight excluding hydrogens is 349 g/mol. The number of hydrogen-bond acceptors (Lipinski definition) is 5. The lowest BCUT2D eigenvalue weighted by Gasteiger charge is -2.39. The third kappa shape index (κ3) is 3.77. The van der Waals surface area contributed by atoms with Gasteiger partial charge in [0.15, 0.2) is 0 Å². The van der Waals surface area contributed by atoms with Crippen LogP contribution in [-0.4, -0.2) is 46.9 Å². The summed E-state index contributed by atoms with van der Waals surface area (Å²) in [4.78, 5) is 12.7. The third-order valence-electron chi connectivity index (χ3n) is 4.31. The molecule has 138 valence electrons. The Bertz CT molecular complexity index is 789. The summed E-state index contributed by atoms with van der Waals surface area (Å²) in [6.45, 7) is 1.43. The Balaban J connectivity index is 1.98. The molecule has 1 aromatic carbocycles. The molecule has 1 saturated heterocycles. The van der Waals surface area contributed by atoms with Crippen LogP contribution in [0.15, 0.2) is 30.5 Å². The van der Waals surface area contributed by atoms with Crippen molar-refractivity contribution >= 4 is 11.7 Å². The van der Waals surface area contributed by atoms with E-state index in [4.69, 9.17) is 5.11 Å². The minimum absolute atomic E-state index is 0.0119. The largest absolute Gasteiger partial charge is 0.478 e. The molecule has 0 amide bonds. The summed E-state index contributed by atoms with van der Waals surface area (Å²) in [5.74, 6) is -2.61. The van der Waals surface area contributed by atoms with Gasteiger partial charge in [-0.3, -0.25) is 0 Å². The summed E-state index contributed by atoms with van der Waals surface area (Å²) in [5, 5.41) is 20.0. The topological polar surface area (TPSA) is 78.4 Å². The standard InChI is InChI=1S/C17H17F3N4O2/c18-14-8-15(13(16(19)20)7-12(14)17(25)26)24-5-4-21-9-11(24)6-10-2-1-3-22-23-10/h1-3,7-8,11,16,21H,4-6,9H2,(H,25,26). The molecule has 1 fully saturated rings. The van der Waals surface area contributed by atoms with Gasteiger partial charge in [-0.1, -0.05) is 0 Å². The van der Waals surface area contributed by atoms with E-state index in [0.29, 0.717) is 31.7 Å². The van der Waals surface area contributed by atoms with Crippen LogP contribution in [-0.2, 0) is 6.42 Å². The van der Waals surface area contributed by atoms with Crippen molar-refractivity contribution in [2.75, 3.05) is 24.5 Å². The number of hydrogen-bond donors (Lipinski definition) is 2. The summed E-state index contributed by atoms with van der Waals surface area (Å²) < 4.78 is 41.2. The van der Waals surface area contributed by atoms with Crippen LogP contribution in [0.2, 0.25) is 0 Å². The molecule has 9 heteroatoms. The Hall–Kier alpha value is -2.68. The number of alkyl halides is 2. The fourth-order valence-corrected chi connectivity index (χ4v) is 3.11. The third-order valence-corrected chi connectivity index (χ3v) is 4.31. The first-order valence-electron chi connectivity index (χ1n) is 8.06. The summed E-state index contributed by atoms with van der Waals surface area (Å²) >= 11 is 0. The molecular formula is C17H17F3N4O2. The highest BCUT2D eigenvalue weighted by Gasteiger charge is 2.29. The van der Waals surface area contributed by atoms with E-state index in [9.17, 15) is 18.0 Å². The van der Waals surface area contributed by atoms with Gasteiger partial charge in [0.05, 0.1) is 11.3 Å². The Kier molecular flexibility index (Phi) is 5.36. The number of carboxylic acids is 1. The number of rotatable bonds is 5. The summed E-state index contributed by atoms with van der Waals surface area (Å²) in [6, 6.07) is 4.88. The number of piperazine rings is 1. The lowest BCUT2D eigenvalue weighted by molar-refractivity contribution is 0.0691. The number of benzene rings is 1. The second-order valence-electron chi connectivity index (χ2n) is 5.97. The van der Waals surface area contributed by atoms with Gasteiger partial charge in [-0.15, -0.1) is 0 Å². The van der Waals surface area contributed by atoms with E-state index in [1.54, 1.807) is 17.0 Å². The monoisotopic (exact) mass is 366 g/mol. The molecule has 0 saturated carbocycles. The predicted molar refractivity (Wildman–Crippen MR) is 88.1 cm³/mol. The molecule has 2 aromatic rings. The molecule has 1 aliphatic heterocycles. The average Bonchev–Trinajstić information content (AvgIpc) is 2.62. The number of nitrogens with one attached hydrogen (secondary N) is 1. The van der Waals surface area contributed by atoms with Gasteiger partial charge in [-0.25, -0.2) is 18.0 Å². The molecule has 0 bridgehead atoms. The number of aromatic nitrogens is 2. The van der Waals surface area contributed by atoms with Crippen LogP contribution in [0.3, 0.4) is 0 Å². The molecule has 2 N–H and O–H groups in total. The van der Waals surface area contributed by atoms with Gasteiger partial charge >= 0.3 is 5.97 Å². The van der Waals surface area contributed by atoms with Crippen LogP contribution in [0.5, 0.6) is 0 Å². The maximum absolute atomic E-state index is 14.2. The van der Waals surface area contributed by atoms with E-state index in [-0.39, 0.29) is 11.7 Å². The van der Waals surface area contributed by atoms with Gasteiger partial charge in [0.2, 0.25) is 0 Å². The van der Waals surface area contributed by atoms with Crippen molar-refractivity contribution in [2.24, 2.45) is 0 Å². The van der Waals surface area contributed by atoms with E-state index in [0.717, 1.165) is 12.1 Å². The summed E-state index contributed by atoms with van der Waals surface area (Å²) in [7, 11) is 0. The van der Waals surface area contributed by atoms with Crippen molar-refractivity contribution in [3.05, 3.63) is 53.1 Å². The zero-order valence-corrected chi connectivity index (χ0v) is 13.7. The second-order valence-corrected chi connectivity index (χ2v) is 5.97. The van der Waals surface area contributed by atoms with Gasteiger partial charge in [0, 0.05) is 49.5 Å². The van der Waals surface area contributed by atoms with E-state index in [1.807, 2.05) is 0 Å². The van der Waals surface area contributed by atoms with Crippen LogP contribution in [0.25, 0.3) is 0 Å². The first-order valence-corrected chi connectivity index (χ1v) is 8.06. The fourth-order valence-electron chi connectivity index (χ4n) is 3.11. The SMILES string of the molecule is O=C(O)c1cc(C(F)F)c(N2CCNCC2Cc2cccnn2)cc1F. The van der Waals surface area contributed by atoms with Crippen molar-refractivity contribution in [2.45, 2.75) is 18.9 Å². The second kappa shape index (κ2) is 7.69. The van der Waals surface area contributed by atoms with E-state index >= 15 is 0 Å². The smallest absolute Gasteiger partial charge is 0.338 e. The van der Waals surface area contributed by atoms with Gasteiger partial charge in [-0.2, -0.15) is 10.2 Å². The number of anilines is 1. The van der Waals surface area contributed by atoms with Crippen LogP contribution in [0.4, 0.5) is 18.9 Å². The molecule has 1 atom stereocenters. The number of aromatic carboxylic acids is 1. The lowest BCUT2D eigenvalue weighted by atomic mass is 10.0. The van der Waals surface area contributed by atoms with Crippen LogP contribution >= 0.6 is 0 Å². The van der Waals surface area contributed by atoms with E-state index in [1.165, 1.54) is 6.20 Å². The highest BCUT2D eigenvalue weighted by molar-refractivity contribution is 5.89. The Morgan fingerprint density at radius 1 is 1.42 bits per heavy atom. The highest BCUT2D eigenvalue weighted by atomic mass is 19.3. The fraction of sp³-hybridized carbons (Fsp3) is 0.353. The Morgan fingerprint density at radius 2 is 2.23 bits per heavy atom. The molecule has 0 spiro atoms. The number of halogens is 3. The number of nitrogens with zero attached hydrogens (tertiary/aromatic N) is 3. The Morgan fingerprint density at radius 3 is 2.88 bits per heavy atom. The molecule has 0 radical (unpaired) electrons. The van der Waals surface area contributed by atoms with Gasteiger partial charge in [0.25, 0.3) is 6.43 Å².